The van der Waals surface area contributed by atoms with E-state index in [4.69, 9.17) is 4.42 Å². The Bertz CT molecular complexity index is 1070. The summed E-state index contributed by atoms with van der Waals surface area (Å²) in [7, 11) is 0. The van der Waals surface area contributed by atoms with Crippen LogP contribution >= 0.6 is 0 Å². The second-order valence-corrected chi connectivity index (χ2v) is 7.62. The van der Waals surface area contributed by atoms with Gasteiger partial charge in [-0.15, -0.1) is 0 Å². The summed E-state index contributed by atoms with van der Waals surface area (Å²) in [5, 5.41) is 3.04. The van der Waals surface area contributed by atoms with Crippen LogP contribution in [0.25, 0.3) is 11.1 Å². The number of amides is 1. The molecule has 0 radical (unpaired) electrons. The van der Waals surface area contributed by atoms with Crippen molar-refractivity contribution in [1.82, 2.24) is 10.2 Å². The Balaban J connectivity index is 1.34. The average Bonchev–Trinajstić information content (AvgIpc) is 3.51. The molecule has 1 aromatic heterocycles. The molecule has 0 unspecified atom stereocenters. The zero-order chi connectivity index (χ0) is 19.8. The molecule has 1 amide bonds. The average molecular weight is 386 g/mol. The molecule has 2 aliphatic rings. The Hall–Kier alpha value is -3.18. The summed E-state index contributed by atoms with van der Waals surface area (Å²) in [5.41, 5.74) is 3.64. The smallest absolute Gasteiger partial charge is 0.251 e. The number of carbonyl (C=O) groups is 2. The second-order valence-electron chi connectivity index (χ2n) is 7.62. The second kappa shape index (κ2) is 7.33. The number of furan rings is 1. The monoisotopic (exact) mass is 386 g/mol. The van der Waals surface area contributed by atoms with Crippen LogP contribution in [0.1, 0.15) is 50.9 Å². The van der Waals surface area contributed by atoms with Crippen molar-refractivity contribution in [2.24, 2.45) is 0 Å². The molecule has 2 aromatic carbocycles. The minimum absolute atomic E-state index is 0.0178. The Kier molecular flexibility index (Phi) is 4.52. The van der Waals surface area contributed by atoms with Crippen molar-refractivity contribution in [3.63, 3.8) is 0 Å². The van der Waals surface area contributed by atoms with Crippen LogP contribution in [-0.2, 0) is 0 Å². The van der Waals surface area contributed by atoms with Crippen molar-refractivity contribution in [3.8, 4) is 11.1 Å². The number of carbonyl (C=O) groups excluding carboxylic acids is 2. The summed E-state index contributed by atoms with van der Waals surface area (Å²) in [5.74, 6) is 0.676. The van der Waals surface area contributed by atoms with Gasteiger partial charge >= 0.3 is 0 Å². The third kappa shape index (κ3) is 3.17. The van der Waals surface area contributed by atoms with Gasteiger partial charge in [-0.25, -0.2) is 0 Å². The van der Waals surface area contributed by atoms with Gasteiger partial charge in [0, 0.05) is 23.2 Å². The van der Waals surface area contributed by atoms with Crippen molar-refractivity contribution < 1.29 is 14.0 Å². The molecule has 29 heavy (non-hydrogen) atoms. The van der Waals surface area contributed by atoms with E-state index < -0.39 is 0 Å². The summed E-state index contributed by atoms with van der Waals surface area (Å²) in [4.78, 5) is 27.9. The summed E-state index contributed by atoms with van der Waals surface area (Å²) in [6, 6.07) is 16.8. The minimum Gasteiger partial charge on any atom is -0.468 e. The van der Waals surface area contributed by atoms with Gasteiger partial charge in [-0.1, -0.05) is 30.3 Å². The molecule has 0 bridgehead atoms. The summed E-state index contributed by atoms with van der Waals surface area (Å²) >= 11 is 0. The molecular formula is C24H22N2O3. The lowest BCUT2D eigenvalue weighted by Gasteiger charge is -2.26. The van der Waals surface area contributed by atoms with E-state index in [9.17, 15) is 9.59 Å². The zero-order valence-corrected chi connectivity index (χ0v) is 16.1. The van der Waals surface area contributed by atoms with E-state index in [2.05, 4.69) is 10.2 Å². The first-order chi connectivity index (χ1) is 14.2. The predicted molar refractivity (Wildman–Crippen MR) is 110 cm³/mol. The number of hydrogen-bond acceptors (Lipinski definition) is 4. The highest BCUT2D eigenvalue weighted by atomic mass is 16.3. The molecule has 1 aliphatic heterocycles. The Morgan fingerprint density at radius 3 is 2.48 bits per heavy atom. The Morgan fingerprint density at radius 2 is 1.72 bits per heavy atom. The van der Waals surface area contributed by atoms with Crippen LogP contribution in [0.15, 0.2) is 65.3 Å². The van der Waals surface area contributed by atoms with Crippen LogP contribution in [0.2, 0.25) is 0 Å². The highest BCUT2D eigenvalue weighted by molar-refractivity contribution is 6.22. The molecule has 5 rings (SSSR count). The Morgan fingerprint density at radius 1 is 0.966 bits per heavy atom. The standard InChI is InChI=1S/C24H22N2O3/c27-23-19-7-2-1-6-17(19)18-10-9-16(14-20(18)23)24(28)25-15-21(22-8-5-13-29-22)26-11-3-4-12-26/h1-2,5-10,13-14,21H,3-4,11-12,15H2,(H,25,28)/t21-/m1/s1. The molecular weight excluding hydrogens is 364 g/mol. The molecule has 1 aliphatic carbocycles. The maximum Gasteiger partial charge on any atom is 0.251 e. The normalized spacial score (nSPS) is 16.5. The van der Waals surface area contributed by atoms with Gasteiger partial charge in [0.05, 0.1) is 12.3 Å². The fraction of sp³-hybridized carbons (Fsp3) is 0.250. The van der Waals surface area contributed by atoms with Gasteiger partial charge in [0.15, 0.2) is 5.78 Å². The summed E-state index contributed by atoms with van der Waals surface area (Å²) < 4.78 is 5.62. The van der Waals surface area contributed by atoms with Crippen LogP contribution in [0, 0.1) is 0 Å². The van der Waals surface area contributed by atoms with E-state index in [1.807, 2.05) is 42.5 Å². The van der Waals surface area contributed by atoms with Crippen LogP contribution in [0.4, 0.5) is 0 Å². The van der Waals surface area contributed by atoms with Crippen molar-refractivity contribution in [3.05, 3.63) is 83.3 Å². The maximum absolute atomic E-state index is 12.8. The molecule has 3 aromatic rings. The third-order valence-corrected chi connectivity index (χ3v) is 5.90. The van der Waals surface area contributed by atoms with E-state index in [-0.39, 0.29) is 17.7 Å². The number of nitrogens with one attached hydrogen (secondary N) is 1. The van der Waals surface area contributed by atoms with Gasteiger partial charge < -0.3 is 9.73 Å². The van der Waals surface area contributed by atoms with Crippen LogP contribution in [0.5, 0.6) is 0 Å². The molecule has 1 fully saturated rings. The highest BCUT2D eigenvalue weighted by Gasteiger charge is 2.28. The van der Waals surface area contributed by atoms with Gasteiger partial charge in [-0.3, -0.25) is 14.5 Å². The number of benzene rings is 2. The van der Waals surface area contributed by atoms with E-state index in [0.29, 0.717) is 23.2 Å². The number of ketones is 1. The number of rotatable bonds is 5. The third-order valence-electron chi connectivity index (χ3n) is 5.90. The highest BCUT2D eigenvalue weighted by Crippen LogP contribution is 2.36. The molecule has 0 saturated carbocycles. The van der Waals surface area contributed by atoms with E-state index in [1.165, 1.54) is 12.8 Å². The largest absolute Gasteiger partial charge is 0.468 e. The van der Waals surface area contributed by atoms with Crippen molar-refractivity contribution in [1.29, 1.82) is 0 Å². The van der Waals surface area contributed by atoms with Crippen LogP contribution < -0.4 is 5.32 Å². The molecule has 1 N–H and O–H groups in total. The molecule has 146 valence electrons. The molecule has 1 saturated heterocycles. The maximum atomic E-state index is 12.8. The molecule has 2 heterocycles. The summed E-state index contributed by atoms with van der Waals surface area (Å²) in [6.45, 7) is 2.48. The Labute approximate surface area is 169 Å². The first-order valence-corrected chi connectivity index (χ1v) is 10.1. The van der Waals surface area contributed by atoms with Gasteiger partial charge in [0.1, 0.15) is 5.76 Å². The molecule has 5 nitrogen and oxygen atoms in total. The van der Waals surface area contributed by atoms with E-state index in [1.54, 1.807) is 18.4 Å². The number of hydrogen-bond donors (Lipinski definition) is 1. The first kappa shape index (κ1) is 17.9. The van der Waals surface area contributed by atoms with Gasteiger partial charge in [0.25, 0.3) is 5.91 Å². The van der Waals surface area contributed by atoms with Gasteiger partial charge in [-0.2, -0.15) is 0 Å². The molecule has 1 atom stereocenters. The van der Waals surface area contributed by atoms with E-state index in [0.717, 1.165) is 30.0 Å². The van der Waals surface area contributed by atoms with Crippen LogP contribution in [0.3, 0.4) is 0 Å². The fourth-order valence-electron chi connectivity index (χ4n) is 4.40. The van der Waals surface area contributed by atoms with Crippen molar-refractivity contribution >= 4 is 11.7 Å². The number of nitrogens with zero attached hydrogens (tertiary/aromatic N) is 1. The van der Waals surface area contributed by atoms with Gasteiger partial charge in [-0.05, 0) is 61.3 Å². The quantitative estimate of drug-likeness (QED) is 0.562. The molecule has 0 spiro atoms. The number of fused-ring (bicyclic) bond motifs is 3. The lowest BCUT2D eigenvalue weighted by molar-refractivity contribution is 0.0933. The lowest BCUT2D eigenvalue weighted by atomic mass is 10.0. The first-order valence-electron chi connectivity index (χ1n) is 10.1. The lowest BCUT2D eigenvalue weighted by Crippen LogP contribution is -2.36. The zero-order valence-electron chi connectivity index (χ0n) is 16.1. The van der Waals surface area contributed by atoms with Crippen molar-refractivity contribution in [2.75, 3.05) is 19.6 Å². The fourth-order valence-corrected chi connectivity index (χ4v) is 4.40. The minimum atomic E-state index is -0.174. The SMILES string of the molecule is O=C(NC[C@H](c1ccco1)N1CCCC1)c1ccc2c(c1)C(=O)c1ccccc1-2. The van der Waals surface area contributed by atoms with Crippen LogP contribution in [-0.4, -0.2) is 36.2 Å². The van der Waals surface area contributed by atoms with E-state index >= 15 is 0 Å². The topological polar surface area (TPSA) is 62.6 Å². The van der Waals surface area contributed by atoms with Gasteiger partial charge in [0.2, 0.25) is 0 Å². The van der Waals surface area contributed by atoms with Crippen molar-refractivity contribution in [2.45, 2.75) is 18.9 Å². The summed E-state index contributed by atoms with van der Waals surface area (Å²) in [6.07, 6.45) is 4.00. The molecule has 5 heteroatoms. The number of likely N-dealkylation sites (tertiary alicyclic amines) is 1. The predicted octanol–water partition coefficient (Wildman–Crippen LogP) is 4.06.